The zero-order valence-corrected chi connectivity index (χ0v) is 15.8. The molecule has 1 N–H and O–H groups in total. The number of carbonyl (C=O) groups is 2. The number of hydrogen-bond acceptors (Lipinski definition) is 3. The number of esters is 1. The molecule has 2 aromatic carbocycles. The fraction of sp³-hybridized carbons (Fsp3) is 0.238. The highest BCUT2D eigenvalue weighted by Crippen LogP contribution is 2.27. The fourth-order valence-electron chi connectivity index (χ4n) is 2.44. The van der Waals surface area contributed by atoms with E-state index in [9.17, 15) is 9.59 Å². The van der Waals surface area contributed by atoms with Crippen LogP contribution in [0.5, 0.6) is 0 Å². The molecule has 0 aliphatic heterocycles. The van der Waals surface area contributed by atoms with Crippen molar-refractivity contribution in [3.63, 3.8) is 0 Å². The SMILES string of the molecule is Cc1cccc(C(C)C)c1NC(=O)COC(=O)/C=C/c1ccc(Cl)cc1. The monoisotopic (exact) mass is 371 g/mol. The summed E-state index contributed by atoms with van der Waals surface area (Å²) >= 11 is 5.81. The Morgan fingerprint density at radius 1 is 1.15 bits per heavy atom. The van der Waals surface area contributed by atoms with E-state index in [-0.39, 0.29) is 18.4 Å². The number of para-hydroxylation sites is 1. The van der Waals surface area contributed by atoms with Gasteiger partial charge in [-0.05, 0) is 47.7 Å². The van der Waals surface area contributed by atoms with Crippen molar-refractivity contribution in [2.45, 2.75) is 26.7 Å². The van der Waals surface area contributed by atoms with Crippen LogP contribution in [0.1, 0.15) is 36.5 Å². The maximum atomic E-state index is 12.1. The van der Waals surface area contributed by atoms with Gasteiger partial charge in [0.25, 0.3) is 5.91 Å². The first-order valence-corrected chi connectivity index (χ1v) is 8.74. The third-order valence-electron chi connectivity index (χ3n) is 3.82. The number of amides is 1. The van der Waals surface area contributed by atoms with Gasteiger partial charge in [0.1, 0.15) is 0 Å². The smallest absolute Gasteiger partial charge is 0.331 e. The molecule has 26 heavy (non-hydrogen) atoms. The Balaban J connectivity index is 1.91. The molecule has 0 bridgehead atoms. The minimum absolute atomic E-state index is 0.273. The summed E-state index contributed by atoms with van der Waals surface area (Å²) in [4.78, 5) is 23.9. The van der Waals surface area contributed by atoms with E-state index in [1.807, 2.05) is 25.1 Å². The molecule has 0 unspecified atom stereocenters. The van der Waals surface area contributed by atoms with Gasteiger partial charge in [-0.15, -0.1) is 0 Å². The van der Waals surface area contributed by atoms with Gasteiger partial charge < -0.3 is 10.1 Å². The zero-order valence-electron chi connectivity index (χ0n) is 15.1. The summed E-state index contributed by atoms with van der Waals surface area (Å²) in [6, 6.07) is 12.9. The lowest BCUT2D eigenvalue weighted by molar-refractivity contribution is -0.142. The second-order valence-corrected chi connectivity index (χ2v) is 6.67. The molecular weight excluding hydrogens is 350 g/mol. The highest BCUT2D eigenvalue weighted by Gasteiger charge is 2.13. The number of carbonyl (C=O) groups excluding carboxylic acids is 2. The molecule has 0 atom stereocenters. The Morgan fingerprint density at radius 2 is 1.85 bits per heavy atom. The van der Waals surface area contributed by atoms with Crippen molar-refractivity contribution in [1.29, 1.82) is 0 Å². The minimum Gasteiger partial charge on any atom is -0.452 e. The van der Waals surface area contributed by atoms with Crippen LogP contribution in [-0.4, -0.2) is 18.5 Å². The van der Waals surface area contributed by atoms with Crippen LogP contribution in [0.15, 0.2) is 48.5 Å². The molecule has 0 heterocycles. The number of ether oxygens (including phenoxy) is 1. The lowest BCUT2D eigenvalue weighted by Crippen LogP contribution is -2.21. The van der Waals surface area contributed by atoms with Gasteiger partial charge in [0.2, 0.25) is 0 Å². The third-order valence-corrected chi connectivity index (χ3v) is 4.07. The minimum atomic E-state index is -0.580. The van der Waals surface area contributed by atoms with Crippen LogP contribution < -0.4 is 5.32 Å². The summed E-state index contributed by atoms with van der Waals surface area (Å²) < 4.78 is 5.00. The largest absolute Gasteiger partial charge is 0.452 e. The van der Waals surface area contributed by atoms with E-state index < -0.39 is 5.97 Å². The summed E-state index contributed by atoms with van der Waals surface area (Å²) in [5.41, 5.74) is 3.61. The Morgan fingerprint density at radius 3 is 2.50 bits per heavy atom. The first-order valence-electron chi connectivity index (χ1n) is 8.36. The molecule has 136 valence electrons. The molecule has 2 aromatic rings. The highest BCUT2D eigenvalue weighted by atomic mass is 35.5. The number of rotatable bonds is 6. The van der Waals surface area contributed by atoms with E-state index >= 15 is 0 Å². The molecular formula is C21H22ClNO3. The average molecular weight is 372 g/mol. The quantitative estimate of drug-likeness (QED) is 0.576. The van der Waals surface area contributed by atoms with Crippen molar-refractivity contribution in [2.24, 2.45) is 0 Å². The maximum Gasteiger partial charge on any atom is 0.331 e. The van der Waals surface area contributed by atoms with Gasteiger partial charge in [-0.1, -0.05) is 55.8 Å². The first-order chi connectivity index (χ1) is 12.4. The Labute approximate surface area is 158 Å². The summed E-state index contributed by atoms with van der Waals surface area (Å²) in [6.07, 6.45) is 2.89. The van der Waals surface area contributed by atoms with E-state index in [1.165, 1.54) is 6.08 Å². The fourth-order valence-corrected chi connectivity index (χ4v) is 2.57. The van der Waals surface area contributed by atoms with Gasteiger partial charge in [0.15, 0.2) is 6.61 Å². The average Bonchev–Trinajstić information content (AvgIpc) is 2.61. The lowest BCUT2D eigenvalue weighted by Gasteiger charge is -2.16. The van der Waals surface area contributed by atoms with Crippen molar-refractivity contribution in [1.82, 2.24) is 0 Å². The standard InChI is InChI=1S/C21H22ClNO3/c1-14(2)18-6-4-5-15(3)21(18)23-19(24)13-26-20(25)12-9-16-7-10-17(22)11-8-16/h4-12,14H,13H2,1-3H3,(H,23,24)/b12-9+. The normalized spacial score (nSPS) is 11.0. The Bertz CT molecular complexity index is 811. The molecule has 5 heteroatoms. The summed E-state index contributed by atoms with van der Waals surface area (Å²) in [5, 5.41) is 3.46. The van der Waals surface area contributed by atoms with Crippen LogP contribution in [0, 0.1) is 6.92 Å². The first kappa shape index (κ1) is 19.7. The molecule has 1 amide bonds. The van der Waals surface area contributed by atoms with E-state index in [1.54, 1.807) is 30.3 Å². The van der Waals surface area contributed by atoms with Crippen LogP contribution in [0.2, 0.25) is 5.02 Å². The van der Waals surface area contributed by atoms with Crippen LogP contribution >= 0.6 is 11.6 Å². The van der Waals surface area contributed by atoms with Gasteiger partial charge in [0, 0.05) is 16.8 Å². The number of hydrogen-bond donors (Lipinski definition) is 1. The number of halogens is 1. The van der Waals surface area contributed by atoms with E-state index in [0.29, 0.717) is 5.02 Å². The predicted octanol–water partition coefficient (Wildman–Crippen LogP) is 4.97. The second-order valence-electron chi connectivity index (χ2n) is 6.23. The second kappa shape index (κ2) is 9.20. The van der Waals surface area contributed by atoms with Gasteiger partial charge in [-0.2, -0.15) is 0 Å². The number of anilines is 1. The number of nitrogens with one attached hydrogen (secondary N) is 1. The van der Waals surface area contributed by atoms with Gasteiger partial charge in [-0.25, -0.2) is 4.79 Å². The molecule has 2 rings (SSSR count). The molecule has 0 aliphatic rings. The van der Waals surface area contributed by atoms with Crippen molar-refractivity contribution in [3.8, 4) is 0 Å². The van der Waals surface area contributed by atoms with E-state index in [0.717, 1.165) is 22.4 Å². The number of aryl methyl sites for hydroxylation is 1. The molecule has 0 aromatic heterocycles. The molecule has 0 fully saturated rings. The maximum absolute atomic E-state index is 12.1. The molecule has 4 nitrogen and oxygen atoms in total. The molecule has 0 radical (unpaired) electrons. The van der Waals surface area contributed by atoms with Crippen LogP contribution in [-0.2, 0) is 14.3 Å². The zero-order chi connectivity index (χ0) is 19.1. The Kier molecular flexibility index (Phi) is 6.98. The molecule has 0 saturated carbocycles. The van der Waals surface area contributed by atoms with Crippen LogP contribution in [0.25, 0.3) is 6.08 Å². The lowest BCUT2D eigenvalue weighted by atomic mass is 9.98. The van der Waals surface area contributed by atoms with Gasteiger partial charge in [-0.3, -0.25) is 4.79 Å². The van der Waals surface area contributed by atoms with Gasteiger partial charge >= 0.3 is 5.97 Å². The number of benzene rings is 2. The summed E-state index contributed by atoms with van der Waals surface area (Å²) in [6.45, 7) is 5.72. The summed E-state index contributed by atoms with van der Waals surface area (Å²) in [7, 11) is 0. The highest BCUT2D eigenvalue weighted by molar-refractivity contribution is 6.30. The molecule has 0 aliphatic carbocycles. The summed E-state index contributed by atoms with van der Waals surface area (Å²) in [5.74, 6) is -0.673. The van der Waals surface area contributed by atoms with Crippen molar-refractivity contribution < 1.29 is 14.3 Å². The van der Waals surface area contributed by atoms with Crippen molar-refractivity contribution in [3.05, 3.63) is 70.3 Å². The molecule has 0 spiro atoms. The van der Waals surface area contributed by atoms with E-state index in [4.69, 9.17) is 16.3 Å². The van der Waals surface area contributed by atoms with Crippen molar-refractivity contribution in [2.75, 3.05) is 11.9 Å². The van der Waals surface area contributed by atoms with Gasteiger partial charge in [0.05, 0.1) is 0 Å². The van der Waals surface area contributed by atoms with Crippen molar-refractivity contribution >= 4 is 35.2 Å². The third kappa shape index (κ3) is 5.74. The molecule has 0 saturated heterocycles. The van der Waals surface area contributed by atoms with E-state index in [2.05, 4.69) is 19.2 Å². The predicted molar refractivity (Wildman–Crippen MR) is 105 cm³/mol. The van der Waals surface area contributed by atoms with Crippen LogP contribution in [0.4, 0.5) is 5.69 Å². The topological polar surface area (TPSA) is 55.4 Å². The van der Waals surface area contributed by atoms with Crippen LogP contribution in [0.3, 0.4) is 0 Å². The Hall–Kier alpha value is -2.59.